The minimum atomic E-state index is -0.900. The zero-order chi connectivity index (χ0) is 34.8. The van der Waals surface area contributed by atoms with Crippen molar-refractivity contribution in [2.75, 3.05) is 39.6 Å². The van der Waals surface area contributed by atoms with E-state index >= 15 is 0 Å². The van der Waals surface area contributed by atoms with Crippen LogP contribution in [0.5, 0.6) is 0 Å². The monoisotopic (exact) mass is 650 g/mol. The molecule has 0 atom stereocenters. The predicted molar refractivity (Wildman–Crippen MR) is 169 cm³/mol. The molecule has 0 aromatic carbocycles. The van der Waals surface area contributed by atoms with Gasteiger partial charge in [-0.25, -0.2) is 19.2 Å². The summed E-state index contributed by atoms with van der Waals surface area (Å²) < 4.78 is 31.5. The number of ether oxygens (including phenoxy) is 6. The van der Waals surface area contributed by atoms with Crippen molar-refractivity contribution < 1.29 is 57.2 Å². The fraction of sp³-hybridized carbons (Fsp3) is 0.588. The van der Waals surface area contributed by atoms with Crippen molar-refractivity contribution in [3.05, 3.63) is 50.6 Å². The Hall–Kier alpha value is -4.22. The summed E-state index contributed by atoms with van der Waals surface area (Å²) in [6.07, 6.45) is 9.84. The van der Waals surface area contributed by atoms with E-state index in [1.807, 2.05) is 13.8 Å². The molecule has 0 fully saturated rings. The Labute approximate surface area is 272 Å². The fourth-order valence-electron chi connectivity index (χ4n) is 3.85. The summed E-state index contributed by atoms with van der Waals surface area (Å²) in [6.45, 7) is 16.4. The van der Waals surface area contributed by atoms with E-state index in [4.69, 9.17) is 28.4 Å². The molecule has 0 amide bonds. The Balaban J connectivity index is 4.49. The normalized spacial score (nSPS) is 10.9. The van der Waals surface area contributed by atoms with Crippen LogP contribution in [0.1, 0.15) is 78.1 Å². The molecule has 0 aliphatic rings. The number of hydrogen-bond donors (Lipinski definition) is 0. The molecule has 0 aliphatic carbocycles. The van der Waals surface area contributed by atoms with Crippen LogP contribution in [0.15, 0.2) is 50.6 Å². The van der Waals surface area contributed by atoms with Crippen molar-refractivity contribution in [2.24, 2.45) is 10.8 Å². The fourth-order valence-corrected chi connectivity index (χ4v) is 3.85. The molecule has 46 heavy (non-hydrogen) atoms. The second-order valence-electron chi connectivity index (χ2n) is 10.9. The van der Waals surface area contributed by atoms with Gasteiger partial charge in [0.25, 0.3) is 0 Å². The van der Waals surface area contributed by atoms with Crippen LogP contribution in [0.2, 0.25) is 0 Å². The highest BCUT2D eigenvalue weighted by Gasteiger charge is 2.35. The molecule has 12 heteroatoms. The van der Waals surface area contributed by atoms with Crippen LogP contribution in [0.4, 0.5) is 0 Å². The molecule has 0 saturated carbocycles. The first-order valence-electron chi connectivity index (χ1n) is 15.4. The molecule has 0 unspecified atom stereocenters. The van der Waals surface area contributed by atoms with Gasteiger partial charge in [0, 0.05) is 37.1 Å². The number of carbonyl (C=O) groups is 6. The summed E-state index contributed by atoms with van der Waals surface area (Å²) in [7, 11) is 0. The Kier molecular flexibility index (Phi) is 21.9. The van der Waals surface area contributed by atoms with Gasteiger partial charge in [0.05, 0.1) is 10.8 Å². The maximum atomic E-state index is 12.4. The molecule has 0 saturated heterocycles. The van der Waals surface area contributed by atoms with E-state index in [1.54, 1.807) is 0 Å². The van der Waals surface area contributed by atoms with Crippen LogP contribution in [0.25, 0.3) is 0 Å². The van der Waals surface area contributed by atoms with E-state index in [-0.39, 0.29) is 52.5 Å². The van der Waals surface area contributed by atoms with Crippen molar-refractivity contribution >= 4 is 35.8 Å². The quantitative estimate of drug-likeness (QED) is 0.0513. The first-order chi connectivity index (χ1) is 21.9. The first-order valence-corrected chi connectivity index (χ1v) is 15.4. The van der Waals surface area contributed by atoms with Crippen molar-refractivity contribution in [3.63, 3.8) is 0 Å². The van der Waals surface area contributed by atoms with Gasteiger partial charge < -0.3 is 28.4 Å². The summed E-state index contributed by atoms with van der Waals surface area (Å²) in [5, 5.41) is 0. The Morgan fingerprint density at radius 1 is 0.435 bits per heavy atom. The summed E-state index contributed by atoms with van der Waals surface area (Å²) in [5.41, 5.74) is -1.80. The van der Waals surface area contributed by atoms with E-state index in [9.17, 15) is 28.8 Å². The van der Waals surface area contributed by atoms with Crippen molar-refractivity contribution in [1.82, 2.24) is 0 Å². The molecule has 0 radical (unpaired) electrons. The van der Waals surface area contributed by atoms with Gasteiger partial charge in [-0.2, -0.15) is 0 Å². The lowest BCUT2D eigenvalue weighted by molar-refractivity contribution is -0.161. The van der Waals surface area contributed by atoms with Crippen molar-refractivity contribution in [3.8, 4) is 0 Å². The second kappa shape index (κ2) is 24.1. The van der Waals surface area contributed by atoms with Crippen LogP contribution in [0, 0.1) is 10.8 Å². The SMILES string of the molecule is C=CC(=O)OCC(CC)(COC(=O)C=C)COC(=O)CCCCCCCCC(=O)OCC(CC)(COC(=O)C=C)COC(=O)C=C. The van der Waals surface area contributed by atoms with Crippen molar-refractivity contribution in [2.45, 2.75) is 78.1 Å². The molecule has 0 bridgehead atoms. The van der Waals surface area contributed by atoms with Crippen LogP contribution in [-0.4, -0.2) is 75.5 Å². The average Bonchev–Trinajstić information content (AvgIpc) is 3.08. The summed E-state index contributed by atoms with van der Waals surface area (Å²) in [4.78, 5) is 70.9. The van der Waals surface area contributed by atoms with Crippen LogP contribution in [0.3, 0.4) is 0 Å². The minimum Gasteiger partial charge on any atom is -0.465 e. The lowest BCUT2D eigenvalue weighted by Crippen LogP contribution is -2.38. The average molecular weight is 651 g/mol. The van der Waals surface area contributed by atoms with Gasteiger partial charge in [0.1, 0.15) is 39.6 Å². The first kappa shape index (κ1) is 41.8. The number of carbonyl (C=O) groups excluding carboxylic acids is 6. The van der Waals surface area contributed by atoms with Gasteiger partial charge >= 0.3 is 35.8 Å². The highest BCUT2D eigenvalue weighted by molar-refractivity contribution is 5.82. The largest absolute Gasteiger partial charge is 0.465 e. The van der Waals surface area contributed by atoms with Gasteiger partial charge in [0.15, 0.2) is 0 Å². The molecule has 0 heterocycles. The molecule has 0 aromatic heterocycles. The van der Waals surface area contributed by atoms with Gasteiger partial charge in [-0.3, -0.25) is 9.59 Å². The van der Waals surface area contributed by atoms with Gasteiger partial charge in [-0.05, 0) is 25.7 Å². The van der Waals surface area contributed by atoms with Gasteiger partial charge in [0.2, 0.25) is 0 Å². The second-order valence-corrected chi connectivity index (χ2v) is 10.9. The third kappa shape index (κ3) is 18.6. The summed E-state index contributed by atoms with van der Waals surface area (Å²) in [5.74, 6) is -3.37. The molecule has 0 spiro atoms. The van der Waals surface area contributed by atoms with Crippen LogP contribution >= 0.6 is 0 Å². The number of unbranched alkanes of at least 4 members (excludes halogenated alkanes) is 5. The third-order valence-corrected chi connectivity index (χ3v) is 7.34. The van der Waals surface area contributed by atoms with E-state index in [0.717, 1.165) is 50.0 Å². The molecule has 0 aromatic rings. The molecular formula is C34H50O12. The Morgan fingerprint density at radius 3 is 0.913 bits per heavy atom. The summed E-state index contributed by atoms with van der Waals surface area (Å²) in [6, 6.07) is 0. The predicted octanol–water partition coefficient (Wildman–Crippen LogP) is 4.90. The van der Waals surface area contributed by atoms with Crippen LogP contribution < -0.4 is 0 Å². The standard InChI is InChI=1S/C34H50O12/c1-7-27(35)41-21-33(11-5,22-42-28(36)8-2)25-45-31(39)19-17-15-13-14-16-18-20-32(40)46-26-34(12-6,23-43-29(37)9-3)24-44-30(38)10-4/h7-10H,1-4,11-26H2,5-6H3. The van der Waals surface area contributed by atoms with Crippen molar-refractivity contribution in [1.29, 1.82) is 0 Å². The topological polar surface area (TPSA) is 158 Å². The van der Waals surface area contributed by atoms with E-state index < -0.39 is 46.6 Å². The minimum absolute atomic E-state index is 0.0907. The highest BCUT2D eigenvalue weighted by atomic mass is 16.6. The Morgan fingerprint density at radius 2 is 0.674 bits per heavy atom. The number of rotatable bonds is 27. The van der Waals surface area contributed by atoms with E-state index in [1.165, 1.54) is 0 Å². The lowest BCUT2D eigenvalue weighted by Gasteiger charge is -2.30. The highest BCUT2D eigenvalue weighted by Crippen LogP contribution is 2.26. The molecule has 258 valence electrons. The molecule has 0 aliphatic heterocycles. The molecule has 12 nitrogen and oxygen atoms in total. The molecule has 0 N–H and O–H groups in total. The molecule has 0 rings (SSSR count). The number of hydrogen-bond acceptors (Lipinski definition) is 12. The Bertz CT molecular complexity index is 915. The maximum Gasteiger partial charge on any atom is 0.330 e. The third-order valence-electron chi connectivity index (χ3n) is 7.34. The lowest BCUT2D eigenvalue weighted by atomic mass is 9.88. The zero-order valence-electron chi connectivity index (χ0n) is 27.4. The van der Waals surface area contributed by atoms with E-state index in [0.29, 0.717) is 25.7 Å². The van der Waals surface area contributed by atoms with Crippen LogP contribution in [-0.2, 0) is 57.2 Å². The zero-order valence-corrected chi connectivity index (χ0v) is 27.4. The van der Waals surface area contributed by atoms with E-state index in [2.05, 4.69) is 26.3 Å². The van der Waals surface area contributed by atoms with Gasteiger partial charge in [-0.1, -0.05) is 65.8 Å². The maximum absolute atomic E-state index is 12.4. The summed E-state index contributed by atoms with van der Waals surface area (Å²) >= 11 is 0. The molecular weight excluding hydrogens is 600 g/mol. The van der Waals surface area contributed by atoms with Gasteiger partial charge in [-0.15, -0.1) is 0 Å². The smallest absolute Gasteiger partial charge is 0.330 e. The number of esters is 6.